The molecule has 1 aromatic heterocycles. The summed E-state index contributed by atoms with van der Waals surface area (Å²) in [5, 5.41) is 19.5. The van der Waals surface area contributed by atoms with E-state index in [9.17, 15) is 4.79 Å². The molecular weight excluding hydrogens is 392 g/mol. The lowest BCUT2D eigenvalue weighted by atomic mass is 10.2. The summed E-state index contributed by atoms with van der Waals surface area (Å²) in [4.78, 5) is 12.4. The molecule has 1 aliphatic heterocycles. The largest absolute Gasteiger partial charge is 0.485 e. The molecule has 2 aromatic carbocycles. The van der Waals surface area contributed by atoms with E-state index < -0.39 is 11.4 Å². The molecule has 8 nitrogen and oxygen atoms in total. The number of carbonyl (C=O) groups excluding carboxylic acids is 1. The number of hydrogen-bond donors (Lipinski definition) is 1. The van der Waals surface area contributed by atoms with Gasteiger partial charge in [-0.25, -0.2) is 0 Å². The standard InChI is InChI=1S/C20H16N4O4S/c1-12(18(25)22-14-6-4-5-13(9-14)10-21)29-20-24-23-19(28-20)17-11-26-15-7-2-3-8-16(15)27-17/h2-9,12,17H,11H2,1H3,(H,22,25)/t12-,17-/m0/s1. The average Bonchev–Trinajstić information content (AvgIpc) is 3.22. The van der Waals surface area contributed by atoms with Gasteiger partial charge in [0.25, 0.3) is 11.1 Å². The third kappa shape index (κ3) is 4.33. The summed E-state index contributed by atoms with van der Waals surface area (Å²) in [6.07, 6.45) is -0.510. The number of aromatic nitrogens is 2. The first kappa shape index (κ1) is 18.8. The Labute approximate surface area is 170 Å². The quantitative estimate of drug-likeness (QED) is 0.638. The summed E-state index contributed by atoms with van der Waals surface area (Å²) in [6.45, 7) is 1.99. The van der Waals surface area contributed by atoms with Crippen molar-refractivity contribution < 1.29 is 18.7 Å². The number of thioether (sulfide) groups is 1. The number of amides is 1. The van der Waals surface area contributed by atoms with Crippen molar-refractivity contribution in [2.75, 3.05) is 11.9 Å². The molecule has 0 aliphatic carbocycles. The monoisotopic (exact) mass is 408 g/mol. The molecule has 4 rings (SSSR count). The van der Waals surface area contributed by atoms with Gasteiger partial charge < -0.3 is 19.2 Å². The molecule has 0 spiro atoms. The summed E-state index contributed by atoms with van der Waals surface area (Å²) in [5.41, 5.74) is 1.03. The van der Waals surface area contributed by atoms with E-state index in [0.29, 0.717) is 22.7 Å². The Morgan fingerprint density at radius 2 is 2.07 bits per heavy atom. The van der Waals surface area contributed by atoms with Crippen LogP contribution in [0.3, 0.4) is 0 Å². The van der Waals surface area contributed by atoms with Crippen LogP contribution in [0.5, 0.6) is 11.5 Å². The predicted molar refractivity (Wildman–Crippen MR) is 105 cm³/mol. The Hall–Kier alpha value is -3.51. The maximum absolute atomic E-state index is 12.4. The van der Waals surface area contributed by atoms with Gasteiger partial charge >= 0.3 is 0 Å². The molecule has 146 valence electrons. The highest BCUT2D eigenvalue weighted by Gasteiger charge is 2.28. The van der Waals surface area contributed by atoms with Gasteiger partial charge in [0.15, 0.2) is 11.5 Å². The van der Waals surface area contributed by atoms with Crippen molar-refractivity contribution in [3.63, 3.8) is 0 Å². The number of nitrogens with one attached hydrogen (secondary N) is 1. The first-order chi connectivity index (χ1) is 14.1. The molecule has 3 aromatic rings. The predicted octanol–water partition coefficient (Wildman–Crippen LogP) is 3.57. The highest BCUT2D eigenvalue weighted by Crippen LogP contribution is 2.36. The van der Waals surface area contributed by atoms with Crippen molar-refractivity contribution in [3.8, 4) is 17.6 Å². The van der Waals surface area contributed by atoms with Gasteiger partial charge in [0.1, 0.15) is 6.61 Å². The van der Waals surface area contributed by atoms with E-state index in [4.69, 9.17) is 19.2 Å². The molecule has 0 unspecified atom stereocenters. The maximum Gasteiger partial charge on any atom is 0.277 e. The number of nitriles is 1. The molecule has 1 aliphatic rings. The summed E-state index contributed by atoms with van der Waals surface area (Å²) >= 11 is 1.14. The third-order valence-electron chi connectivity index (χ3n) is 4.11. The highest BCUT2D eigenvalue weighted by molar-refractivity contribution is 8.00. The molecule has 0 fully saturated rings. The SMILES string of the molecule is C[C@H](Sc1nnc([C@@H]2COc3ccccc3O2)o1)C(=O)Nc1cccc(C#N)c1. The Balaban J connectivity index is 1.37. The lowest BCUT2D eigenvalue weighted by Crippen LogP contribution is -2.22. The topological polar surface area (TPSA) is 110 Å². The van der Waals surface area contributed by atoms with Crippen LogP contribution < -0.4 is 14.8 Å². The van der Waals surface area contributed by atoms with Crippen molar-refractivity contribution in [1.29, 1.82) is 5.26 Å². The van der Waals surface area contributed by atoms with Crippen LogP contribution in [-0.4, -0.2) is 28.0 Å². The fourth-order valence-corrected chi connectivity index (χ4v) is 3.34. The number of benzene rings is 2. The molecule has 29 heavy (non-hydrogen) atoms. The lowest BCUT2D eigenvalue weighted by molar-refractivity contribution is -0.115. The van der Waals surface area contributed by atoms with Crippen LogP contribution in [0.2, 0.25) is 0 Å². The summed E-state index contributed by atoms with van der Waals surface area (Å²) < 4.78 is 17.2. The van der Waals surface area contributed by atoms with Crippen LogP contribution in [0.1, 0.15) is 24.5 Å². The minimum Gasteiger partial charge on any atom is -0.485 e. The zero-order valence-corrected chi connectivity index (χ0v) is 16.2. The maximum atomic E-state index is 12.4. The number of fused-ring (bicyclic) bond motifs is 1. The van der Waals surface area contributed by atoms with Crippen LogP contribution in [0.15, 0.2) is 58.2 Å². The van der Waals surface area contributed by atoms with E-state index in [1.165, 1.54) is 0 Å². The van der Waals surface area contributed by atoms with Crippen molar-refractivity contribution in [2.45, 2.75) is 23.5 Å². The molecule has 0 bridgehead atoms. The summed E-state index contributed by atoms with van der Waals surface area (Å²) in [5.74, 6) is 1.33. The second-order valence-electron chi connectivity index (χ2n) is 6.21. The number of rotatable bonds is 5. The normalized spacial score (nSPS) is 15.9. The number of ether oxygens (including phenoxy) is 2. The Kier molecular flexibility index (Phi) is 5.35. The van der Waals surface area contributed by atoms with E-state index in [0.717, 1.165) is 11.8 Å². The van der Waals surface area contributed by atoms with Crippen LogP contribution in [0.4, 0.5) is 5.69 Å². The van der Waals surface area contributed by atoms with Crippen LogP contribution in [0.25, 0.3) is 0 Å². The zero-order chi connectivity index (χ0) is 20.2. The summed E-state index contributed by atoms with van der Waals surface area (Å²) in [6, 6.07) is 16.1. The van der Waals surface area contributed by atoms with Gasteiger partial charge in [-0.1, -0.05) is 30.0 Å². The van der Waals surface area contributed by atoms with E-state index >= 15 is 0 Å². The number of anilines is 1. The average molecular weight is 408 g/mol. The van der Waals surface area contributed by atoms with Crippen LogP contribution >= 0.6 is 11.8 Å². The van der Waals surface area contributed by atoms with E-state index in [1.807, 2.05) is 24.3 Å². The van der Waals surface area contributed by atoms with Crippen LogP contribution in [0, 0.1) is 11.3 Å². The molecule has 0 radical (unpaired) electrons. The smallest absolute Gasteiger partial charge is 0.277 e. The lowest BCUT2D eigenvalue weighted by Gasteiger charge is -2.23. The Morgan fingerprint density at radius 3 is 2.90 bits per heavy atom. The minimum absolute atomic E-state index is 0.240. The van der Waals surface area contributed by atoms with Gasteiger partial charge in [-0.2, -0.15) is 5.26 Å². The van der Waals surface area contributed by atoms with Crippen molar-refractivity contribution >= 4 is 23.4 Å². The summed E-state index contributed by atoms with van der Waals surface area (Å²) in [7, 11) is 0. The molecule has 1 N–H and O–H groups in total. The van der Waals surface area contributed by atoms with Gasteiger partial charge in [0.05, 0.1) is 16.9 Å². The van der Waals surface area contributed by atoms with Crippen molar-refractivity contribution in [3.05, 3.63) is 60.0 Å². The molecule has 2 heterocycles. The molecule has 9 heteroatoms. The van der Waals surface area contributed by atoms with Gasteiger partial charge in [-0.15, -0.1) is 10.2 Å². The van der Waals surface area contributed by atoms with Gasteiger partial charge in [0, 0.05) is 5.69 Å². The molecule has 0 saturated heterocycles. The van der Waals surface area contributed by atoms with Crippen LogP contribution in [-0.2, 0) is 4.79 Å². The number of hydrogen-bond acceptors (Lipinski definition) is 8. The number of nitrogens with zero attached hydrogens (tertiary/aromatic N) is 3. The second-order valence-corrected chi connectivity index (χ2v) is 7.50. The highest BCUT2D eigenvalue weighted by atomic mass is 32.2. The molecule has 2 atom stereocenters. The molecule has 1 amide bonds. The Bertz CT molecular complexity index is 1080. The fraction of sp³-hybridized carbons (Fsp3) is 0.200. The van der Waals surface area contributed by atoms with E-state index in [2.05, 4.69) is 15.5 Å². The molecular formula is C20H16N4O4S. The fourth-order valence-electron chi connectivity index (χ4n) is 2.65. The Morgan fingerprint density at radius 1 is 1.24 bits per heavy atom. The number of carbonyl (C=O) groups is 1. The second kappa shape index (κ2) is 8.24. The third-order valence-corrected chi connectivity index (χ3v) is 5.05. The first-order valence-electron chi connectivity index (χ1n) is 8.82. The minimum atomic E-state index is -0.510. The van der Waals surface area contributed by atoms with E-state index in [-0.39, 0.29) is 23.6 Å². The van der Waals surface area contributed by atoms with Crippen molar-refractivity contribution in [2.24, 2.45) is 0 Å². The van der Waals surface area contributed by atoms with Gasteiger partial charge in [-0.05, 0) is 37.3 Å². The van der Waals surface area contributed by atoms with E-state index in [1.54, 1.807) is 37.3 Å². The zero-order valence-electron chi connectivity index (χ0n) is 15.4. The van der Waals surface area contributed by atoms with Gasteiger partial charge in [-0.3, -0.25) is 4.79 Å². The first-order valence-corrected chi connectivity index (χ1v) is 9.70. The number of para-hydroxylation sites is 2. The van der Waals surface area contributed by atoms with Gasteiger partial charge in [0.2, 0.25) is 12.0 Å². The van der Waals surface area contributed by atoms with Crippen molar-refractivity contribution in [1.82, 2.24) is 10.2 Å². The molecule has 0 saturated carbocycles.